The lowest BCUT2D eigenvalue weighted by Gasteiger charge is -2.37. The van der Waals surface area contributed by atoms with Gasteiger partial charge in [-0.1, -0.05) is 12.0 Å². The molecule has 1 atom stereocenters. The summed E-state index contributed by atoms with van der Waals surface area (Å²) in [5.41, 5.74) is -2.96. The van der Waals surface area contributed by atoms with Gasteiger partial charge in [0, 0.05) is 17.4 Å². The summed E-state index contributed by atoms with van der Waals surface area (Å²) < 4.78 is 46.9. The first-order valence-electron chi connectivity index (χ1n) is 7.14. The minimum atomic E-state index is -4.87. The number of anilines is 1. The molecule has 1 aromatic heterocycles. The third-order valence-electron chi connectivity index (χ3n) is 3.65. The maximum atomic E-state index is 14.0. The molecule has 1 aliphatic rings. The number of fused-ring (bicyclic) bond motifs is 1. The maximum absolute atomic E-state index is 14.0. The predicted octanol–water partition coefficient (Wildman–Crippen LogP) is 3.03. The lowest BCUT2D eigenvalue weighted by molar-refractivity contribution is -0.178. The minimum absolute atomic E-state index is 0.0113. The molecule has 2 aromatic rings. The van der Waals surface area contributed by atoms with Crippen molar-refractivity contribution in [2.75, 3.05) is 12.4 Å². The van der Waals surface area contributed by atoms with Crippen LogP contribution in [0.2, 0.25) is 0 Å². The second-order valence-electron chi connectivity index (χ2n) is 5.20. The van der Waals surface area contributed by atoms with Crippen molar-refractivity contribution >= 4 is 11.7 Å². The highest BCUT2D eigenvalue weighted by molar-refractivity contribution is 5.95. The summed E-state index contributed by atoms with van der Waals surface area (Å²) in [5, 5.41) is 4.26. The van der Waals surface area contributed by atoms with Crippen molar-refractivity contribution in [2.45, 2.75) is 11.7 Å². The number of nitrogens with one attached hydrogen (secondary N) is 2. The Morgan fingerprint density at radius 1 is 1.24 bits per heavy atom. The molecule has 1 aromatic carbocycles. The summed E-state index contributed by atoms with van der Waals surface area (Å²) in [6, 6.07) is 7.71. The Kier molecular flexibility index (Phi) is 4.00. The molecule has 2 heterocycles. The molecular formula is C17H12F3N3O2. The molecule has 1 aliphatic heterocycles. The minimum Gasteiger partial charge on any atom is -0.497 e. The van der Waals surface area contributed by atoms with E-state index in [0.717, 1.165) is 0 Å². The number of hydrogen-bond acceptors (Lipinski definition) is 3. The molecule has 2 N–H and O–H groups in total. The normalized spacial score (nSPS) is 19.0. The first-order valence-corrected chi connectivity index (χ1v) is 7.14. The number of nitrogens with zero attached hydrogens (tertiary/aromatic N) is 1. The highest BCUT2D eigenvalue weighted by atomic mass is 19.4. The van der Waals surface area contributed by atoms with Crippen LogP contribution in [0, 0.1) is 11.8 Å². The second kappa shape index (κ2) is 6.02. The quantitative estimate of drug-likeness (QED) is 0.780. The lowest BCUT2D eigenvalue weighted by atomic mass is 9.86. The fraction of sp³-hybridized carbons (Fsp3) is 0.176. The average Bonchev–Trinajstić information content (AvgIpc) is 2.59. The molecule has 0 saturated carbocycles. The van der Waals surface area contributed by atoms with Crippen LogP contribution in [0.25, 0.3) is 0 Å². The van der Waals surface area contributed by atoms with Gasteiger partial charge >= 0.3 is 12.2 Å². The summed E-state index contributed by atoms with van der Waals surface area (Å²) in [4.78, 5) is 15.7. The number of amides is 2. The zero-order chi connectivity index (χ0) is 18.1. The van der Waals surface area contributed by atoms with Gasteiger partial charge in [0.25, 0.3) is 0 Å². The molecule has 25 heavy (non-hydrogen) atoms. The Morgan fingerprint density at radius 2 is 2.04 bits per heavy atom. The number of hydrogen-bond donors (Lipinski definition) is 2. The number of carbonyl (C=O) groups is 1. The summed E-state index contributed by atoms with van der Waals surface area (Å²) in [7, 11) is 1.34. The summed E-state index contributed by atoms with van der Waals surface area (Å²) in [5.74, 6) is 4.77. The number of aromatic nitrogens is 1. The standard InChI is InChI=1S/C17H12F3N3O2/c1-25-12-5-6-14-13(10-12)16(17(18,19)20,23-15(24)22-14)8-7-11-4-2-3-9-21-11/h2-6,9-10H,1H3,(H2,22,23,24)/t16-/m0/s1. The van der Waals surface area contributed by atoms with Gasteiger partial charge in [-0.2, -0.15) is 13.2 Å². The monoisotopic (exact) mass is 347 g/mol. The Morgan fingerprint density at radius 3 is 2.68 bits per heavy atom. The molecule has 0 unspecified atom stereocenters. The first-order chi connectivity index (χ1) is 11.9. The number of halogens is 3. The maximum Gasteiger partial charge on any atom is 0.427 e. The van der Waals surface area contributed by atoms with Crippen molar-refractivity contribution in [3.05, 3.63) is 53.9 Å². The molecule has 0 fully saturated rings. The topological polar surface area (TPSA) is 63.2 Å². The van der Waals surface area contributed by atoms with E-state index in [1.54, 1.807) is 12.1 Å². The average molecular weight is 347 g/mol. The zero-order valence-electron chi connectivity index (χ0n) is 12.9. The number of methoxy groups -OCH3 is 1. The van der Waals surface area contributed by atoms with E-state index in [1.807, 2.05) is 5.32 Å². The number of pyridine rings is 1. The lowest BCUT2D eigenvalue weighted by Crippen LogP contribution is -2.59. The highest BCUT2D eigenvalue weighted by Crippen LogP contribution is 2.44. The molecule has 3 rings (SSSR count). The van der Waals surface area contributed by atoms with Gasteiger partial charge in [-0.05, 0) is 36.3 Å². The van der Waals surface area contributed by atoms with E-state index in [9.17, 15) is 18.0 Å². The molecule has 0 bridgehead atoms. The van der Waals surface area contributed by atoms with E-state index >= 15 is 0 Å². The van der Waals surface area contributed by atoms with Gasteiger partial charge in [0.1, 0.15) is 11.4 Å². The van der Waals surface area contributed by atoms with Crippen LogP contribution in [0.4, 0.5) is 23.7 Å². The van der Waals surface area contributed by atoms with Gasteiger partial charge in [-0.15, -0.1) is 0 Å². The van der Waals surface area contributed by atoms with Crippen molar-refractivity contribution in [1.29, 1.82) is 0 Å². The number of benzene rings is 1. The zero-order valence-corrected chi connectivity index (χ0v) is 12.9. The molecule has 0 spiro atoms. The number of alkyl halides is 3. The summed E-state index contributed by atoms with van der Waals surface area (Å²) in [6.45, 7) is 0. The van der Waals surface area contributed by atoms with Gasteiger partial charge < -0.3 is 15.4 Å². The molecule has 5 nitrogen and oxygen atoms in total. The molecule has 2 amide bonds. The van der Waals surface area contributed by atoms with Crippen LogP contribution in [0.15, 0.2) is 42.6 Å². The Bertz CT molecular complexity index is 872. The van der Waals surface area contributed by atoms with Crippen molar-refractivity contribution in [3.8, 4) is 17.6 Å². The highest BCUT2D eigenvalue weighted by Gasteiger charge is 2.59. The molecule has 0 aliphatic carbocycles. The first kappa shape index (κ1) is 16.6. The van der Waals surface area contributed by atoms with E-state index in [0.29, 0.717) is 0 Å². The van der Waals surface area contributed by atoms with Gasteiger partial charge in [-0.25, -0.2) is 9.78 Å². The number of carbonyl (C=O) groups excluding carboxylic acids is 1. The van der Waals surface area contributed by atoms with Gasteiger partial charge in [-0.3, -0.25) is 0 Å². The SMILES string of the molecule is COc1ccc2c(c1)[C@@](C#Cc1ccccn1)(C(F)(F)F)NC(=O)N2. The van der Waals surface area contributed by atoms with E-state index in [1.165, 1.54) is 37.6 Å². The van der Waals surface area contributed by atoms with Crippen LogP contribution in [-0.4, -0.2) is 24.3 Å². The smallest absolute Gasteiger partial charge is 0.427 e. The van der Waals surface area contributed by atoms with E-state index < -0.39 is 17.7 Å². The van der Waals surface area contributed by atoms with Crippen LogP contribution >= 0.6 is 0 Å². The van der Waals surface area contributed by atoms with Crippen LogP contribution in [0.5, 0.6) is 5.75 Å². The van der Waals surface area contributed by atoms with Gasteiger partial charge in [0.2, 0.25) is 5.54 Å². The Labute approximate surface area is 141 Å². The van der Waals surface area contributed by atoms with Crippen molar-refractivity contribution < 1.29 is 22.7 Å². The summed E-state index contributed by atoms with van der Waals surface area (Å²) in [6.07, 6.45) is -3.45. The van der Waals surface area contributed by atoms with E-state index in [2.05, 4.69) is 22.1 Å². The van der Waals surface area contributed by atoms with Crippen LogP contribution in [0.1, 0.15) is 11.3 Å². The summed E-state index contributed by atoms with van der Waals surface area (Å²) >= 11 is 0. The van der Waals surface area contributed by atoms with Crippen molar-refractivity contribution in [1.82, 2.24) is 10.3 Å². The third-order valence-corrected chi connectivity index (χ3v) is 3.65. The number of urea groups is 1. The van der Waals surface area contributed by atoms with Gasteiger partial charge in [0.05, 0.1) is 7.11 Å². The van der Waals surface area contributed by atoms with Crippen LogP contribution < -0.4 is 15.4 Å². The van der Waals surface area contributed by atoms with Crippen molar-refractivity contribution in [2.24, 2.45) is 0 Å². The molecule has 0 saturated heterocycles. The third kappa shape index (κ3) is 2.96. The van der Waals surface area contributed by atoms with Crippen molar-refractivity contribution in [3.63, 3.8) is 0 Å². The fourth-order valence-corrected chi connectivity index (χ4v) is 2.45. The predicted molar refractivity (Wildman–Crippen MR) is 84.0 cm³/mol. The van der Waals surface area contributed by atoms with E-state index in [4.69, 9.17) is 4.74 Å². The second-order valence-corrected chi connectivity index (χ2v) is 5.20. The molecular weight excluding hydrogens is 335 g/mol. The van der Waals surface area contributed by atoms with Crippen LogP contribution in [-0.2, 0) is 5.54 Å². The van der Waals surface area contributed by atoms with Gasteiger partial charge in [0.15, 0.2) is 0 Å². The number of ether oxygens (including phenoxy) is 1. The molecule has 0 radical (unpaired) electrons. The van der Waals surface area contributed by atoms with Crippen LogP contribution in [0.3, 0.4) is 0 Å². The fourth-order valence-electron chi connectivity index (χ4n) is 2.45. The number of rotatable bonds is 1. The molecule has 128 valence electrons. The van der Waals surface area contributed by atoms with E-state index in [-0.39, 0.29) is 22.7 Å². The Hall–Kier alpha value is -3.21. The Balaban J connectivity index is 2.23. The largest absolute Gasteiger partial charge is 0.497 e. The molecule has 8 heteroatoms.